The fraction of sp³-hybridized carbons (Fsp3) is 0.600. The van der Waals surface area contributed by atoms with Crippen LogP contribution >= 0.6 is 11.6 Å². The number of ether oxygens (including phenoxy) is 2. The molecular weight excluding hydrogens is 340 g/mol. The van der Waals surface area contributed by atoms with Crippen molar-refractivity contribution in [3.63, 3.8) is 0 Å². The number of sulfonamides is 1. The summed E-state index contributed by atoms with van der Waals surface area (Å²) in [7, 11) is 1.58. The van der Waals surface area contributed by atoms with Crippen molar-refractivity contribution in [3.05, 3.63) is 23.2 Å². The number of methoxy groups -OCH3 is 1. The van der Waals surface area contributed by atoms with Crippen LogP contribution in [0.5, 0.6) is 5.75 Å². The van der Waals surface area contributed by atoms with E-state index in [0.717, 1.165) is 6.42 Å². The summed E-state index contributed by atoms with van der Waals surface area (Å²) in [5.41, 5.74) is 0. The zero-order valence-corrected chi connectivity index (χ0v) is 14.9. The molecule has 1 aliphatic carbocycles. The second kappa shape index (κ2) is 6.22. The van der Waals surface area contributed by atoms with Crippen molar-refractivity contribution in [1.82, 2.24) is 9.62 Å². The molecule has 3 rings (SSSR count). The summed E-state index contributed by atoms with van der Waals surface area (Å²) in [6.45, 7) is 0.679. The largest absolute Gasteiger partial charge is 0.495 e. The van der Waals surface area contributed by atoms with Crippen LogP contribution in [-0.4, -0.2) is 59.3 Å². The van der Waals surface area contributed by atoms with Gasteiger partial charge in [0.15, 0.2) is 0 Å². The van der Waals surface area contributed by atoms with E-state index in [2.05, 4.69) is 4.72 Å². The lowest BCUT2D eigenvalue weighted by molar-refractivity contribution is -0.0626. The maximum Gasteiger partial charge on any atom is 0.244 e. The van der Waals surface area contributed by atoms with E-state index in [9.17, 15) is 8.42 Å². The first-order valence-electron chi connectivity index (χ1n) is 7.49. The van der Waals surface area contributed by atoms with E-state index in [0.29, 0.717) is 11.6 Å². The van der Waals surface area contributed by atoms with Crippen LogP contribution in [-0.2, 0) is 14.8 Å². The van der Waals surface area contributed by atoms with Crippen LogP contribution in [0.3, 0.4) is 0 Å². The van der Waals surface area contributed by atoms with Gasteiger partial charge in [-0.3, -0.25) is 0 Å². The van der Waals surface area contributed by atoms with Gasteiger partial charge < -0.3 is 14.4 Å². The van der Waals surface area contributed by atoms with Crippen LogP contribution in [0.15, 0.2) is 23.1 Å². The maximum atomic E-state index is 12.8. The van der Waals surface area contributed by atoms with Crippen LogP contribution in [0.4, 0.5) is 0 Å². The maximum absolute atomic E-state index is 12.8. The second-order valence-electron chi connectivity index (χ2n) is 6.18. The predicted molar refractivity (Wildman–Crippen MR) is 87.4 cm³/mol. The van der Waals surface area contributed by atoms with E-state index in [-0.39, 0.29) is 34.8 Å². The SMILES string of the molecule is COc1ccc(Cl)cc1S(=O)(=O)N[C@H]1[C@H]2CCO[C@H]2[C@@H]1N(C)C. The van der Waals surface area contributed by atoms with E-state index in [4.69, 9.17) is 21.1 Å². The van der Waals surface area contributed by atoms with Gasteiger partial charge in [-0.15, -0.1) is 0 Å². The van der Waals surface area contributed by atoms with Gasteiger partial charge in [-0.1, -0.05) is 11.6 Å². The Morgan fingerprint density at radius 3 is 2.78 bits per heavy atom. The second-order valence-corrected chi connectivity index (χ2v) is 8.30. The van der Waals surface area contributed by atoms with Crippen molar-refractivity contribution in [2.24, 2.45) is 5.92 Å². The Morgan fingerprint density at radius 2 is 2.13 bits per heavy atom. The molecule has 1 aliphatic heterocycles. The summed E-state index contributed by atoms with van der Waals surface area (Å²) in [5.74, 6) is 0.490. The molecule has 0 spiro atoms. The normalized spacial score (nSPS) is 30.1. The molecule has 1 aromatic rings. The van der Waals surface area contributed by atoms with E-state index in [1.54, 1.807) is 12.1 Å². The molecular formula is C15H21ClN2O4S. The van der Waals surface area contributed by atoms with E-state index in [1.165, 1.54) is 13.2 Å². The Bertz CT molecular complexity index is 695. The molecule has 2 aliphatic rings. The molecule has 2 fully saturated rings. The quantitative estimate of drug-likeness (QED) is 0.858. The highest BCUT2D eigenvalue weighted by molar-refractivity contribution is 7.89. The Labute approximate surface area is 141 Å². The minimum Gasteiger partial charge on any atom is -0.495 e. The molecule has 0 unspecified atom stereocenters. The molecule has 1 saturated heterocycles. The molecule has 0 radical (unpaired) electrons. The summed E-state index contributed by atoms with van der Waals surface area (Å²) in [5, 5.41) is 0.353. The Kier molecular flexibility index (Phi) is 4.59. The number of fused-ring (bicyclic) bond motifs is 1. The monoisotopic (exact) mass is 360 g/mol. The summed E-state index contributed by atoms with van der Waals surface area (Å²) in [6.07, 6.45) is 0.966. The number of likely N-dealkylation sites (N-methyl/N-ethyl adjacent to an activating group) is 1. The number of hydrogen-bond acceptors (Lipinski definition) is 5. The van der Waals surface area contributed by atoms with Crippen LogP contribution < -0.4 is 9.46 Å². The summed E-state index contributed by atoms with van der Waals surface area (Å²) in [4.78, 5) is 2.07. The van der Waals surface area contributed by atoms with Gasteiger partial charge in [0, 0.05) is 23.6 Å². The topological polar surface area (TPSA) is 67.9 Å². The number of nitrogens with zero attached hydrogens (tertiary/aromatic N) is 1. The van der Waals surface area contributed by atoms with Crippen LogP contribution in [0.2, 0.25) is 5.02 Å². The number of nitrogens with one attached hydrogen (secondary N) is 1. The number of rotatable bonds is 5. The highest BCUT2D eigenvalue weighted by atomic mass is 35.5. The first-order valence-corrected chi connectivity index (χ1v) is 9.35. The summed E-state index contributed by atoms with van der Waals surface area (Å²) >= 11 is 5.96. The van der Waals surface area contributed by atoms with Crippen LogP contribution in [0, 0.1) is 5.92 Å². The van der Waals surface area contributed by atoms with Crippen molar-refractivity contribution in [1.29, 1.82) is 0 Å². The fourth-order valence-electron chi connectivity index (χ4n) is 3.55. The average Bonchev–Trinajstić information content (AvgIpc) is 2.88. The minimum absolute atomic E-state index is 0.0301. The first-order chi connectivity index (χ1) is 10.8. The van der Waals surface area contributed by atoms with Crippen molar-refractivity contribution < 1.29 is 17.9 Å². The number of benzene rings is 1. The molecule has 23 heavy (non-hydrogen) atoms. The van der Waals surface area contributed by atoms with Gasteiger partial charge in [0.2, 0.25) is 10.0 Å². The Hall–Kier alpha value is -0.860. The van der Waals surface area contributed by atoms with E-state index >= 15 is 0 Å². The standard InChI is InChI=1S/C15H21ClN2O4S/c1-18(2)14-13(10-6-7-22-15(10)14)17-23(19,20)12-8-9(16)4-5-11(12)21-3/h4-5,8,10,13-15,17H,6-7H2,1-3H3/t10-,13+,14-,15-/m1/s1. The molecule has 1 N–H and O–H groups in total. The Balaban J connectivity index is 1.88. The van der Waals surface area contributed by atoms with Crippen molar-refractivity contribution in [2.45, 2.75) is 29.5 Å². The van der Waals surface area contributed by atoms with Gasteiger partial charge in [-0.25, -0.2) is 13.1 Å². The molecule has 0 amide bonds. The fourth-order valence-corrected chi connectivity index (χ4v) is 5.29. The third-order valence-corrected chi connectivity index (χ3v) is 6.37. The highest BCUT2D eigenvalue weighted by Gasteiger charge is 2.56. The smallest absolute Gasteiger partial charge is 0.244 e. The van der Waals surface area contributed by atoms with Crippen LogP contribution in [0.1, 0.15) is 6.42 Å². The third kappa shape index (κ3) is 2.96. The molecule has 4 atom stereocenters. The molecule has 6 nitrogen and oxygen atoms in total. The average molecular weight is 361 g/mol. The number of hydrogen-bond donors (Lipinski definition) is 1. The van der Waals surface area contributed by atoms with E-state index in [1.807, 2.05) is 19.0 Å². The van der Waals surface area contributed by atoms with Crippen molar-refractivity contribution in [3.8, 4) is 5.75 Å². The third-order valence-electron chi connectivity index (χ3n) is 4.65. The molecule has 0 bridgehead atoms. The van der Waals surface area contributed by atoms with Gasteiger partial charge in [0.1, 0.15) is 10.6 Å². The molecule has 1 aromatic carbocycles. The lowest BCUT2D eigenvalue weighted by Gasteiger charge is -2.50. The van der Waals surface area contributed by atoms with E-state index < -0.39 is 10.0 Å². The van der Waals surface area contributed by atoms with Gasteiger partial charge in [0.05, 0.1) is 19.3 Å². The highest BCUT2D eigenvalue weighted by Crippen LogP contribution is 2.42. The van der Waals surface area contributed by atoms with Crippen molar-refractivity contribution in [2.75, 3.05) is 27.8 Å². The van der Waals surface area contributed by atoms with Gasteiger partial charge >= 0.3 is 0 Å². The Morgan fingerprint density at radius 1 is 1.39 bits per heavy atom. The zero-order valence-electron chi connectivity index (χ0n) is 13.3. The molecule has 8 heteroatoms. The lowest BCUT2D eigenvalue weighted by atomic mass is 9.71. The van der Waals surface area contributed by atoms with Crippen LogP contribution in [0.25, 0.3) is 0 Å². The zero-order chi connectivity index (χ0) is 16.8. The lowest BCUT2D eigenvalue weighted by Crippen LogP contribution is -2.69. The number of halogens is 1. The van der Waals surface area contributed by atoms with Gasteiger partial charge in [-0.2, -0.15) is 0 Å². The molecule has 128 valence electrons. The van der Waals surface area contributed by atoms with Gasteiger partial charge in [-0.05, 0) is 38.7 Å². The summed E-state index contributed by atoms with van der Waals surface area (Å²) < 4.78 is 39.3. The molecule has 1 heterocycles. The first kappa shape index (κ1) is 17.0. The summed E-state index contributed by atoms with van der Waals surface area (Å²) in [6, 6.07) is 4.43. The van der Waals surface area contributed by atoms with Crippen molar-refractivity contribution >= 4 is 21.6 Å². The molecule has 1 saturated carbocycles. The molecule has 0 aromatic heterocycles. The minimum atomic E-state index is -3.73. The van der Waals surface area contributed by atoms with Gasteiger partial charge in [0.25, 0.3) is 0 Å². The predicted octanol–water partition coefficient (Wildman–Crippen LogP) is 1.34.